The van der Waals surface area contributed by atoms with Crippen LogP contribution in [-0.4, -0.2) is 31.5 Å². The quantitative estimate of drug-likeness (QED) is 0.645. The molecule has 0 saturated heterocycles. The molecule has 2 aromatic heterocycles. The van der Waals surface area contributed by atoms with Crippen molar-refractivity contribution < 1.29 is 17.9 Å². The molecule has 0 bridgehead atoms. The van der Waals surface area contributed by atoms with Crippen molar-refractivity contribution in [3.8, 4) is 0 Å². The molecule has 3 aromatic rings. The Labute approximate surface area is 146 Å². The average Bonchev–Trinajstić information content (AvgIpc) is 3.01. The van der Waals surface area contributed by atoms with Crippen LogP contribution in [0.5, 0.6) is 0 Å². The van der Waals surface area contributed by atoms with E-state index in [-0.39, 0.29) is 4.90 Å². The number of anilines is 1. The molecule has 24 heavy (non-hydrogen) atoms. The van der Waals surface area contributed by atoms with Crippen LogP contribution >= 0.6 is 15.9 Å². The van der Waals surface area contributed by atoms with E-state index in [9.17, 15) is 13.2 Å². The standard InChI is InChI=1S/C15H12BrN3O4S/c1-23-15(20)9-4-5-12(11(16)7-9)19-24(21,22)13-8-18-14-10(13)3-2-6-17-14/h2-8,19H,1H3,(H,17,18). The third kappa shape index (κ3) is 3.00. The van der Waals surface area contributed by atoms with Crippen LogP contribution in [0.25, 0.3) is 11.0 Å². The van der Waals surface area contributed by atoms with Crippen molar-refractivity contribution in [2.24, 2.45) is 0 Å². The van der Waals surface area contributed by atoms with Gasteiger partial charge in [-0.25, -0.2) is 18.2 Å². The number of methoxy groups -OCH3 is 1. The molecule has 1 aromatic carbocycles. The SMILES string of the molecule is COC(=O)c1ccc(NS(=O)(=O)c2c[nH]c3ncccc23)c(Br)c1. The van der Waals surface area contributed by atoms with Gasteiger partial charge in [-0.15, -0.1) is 0 Å². The molecule has 0 fully saturated rings. The van der Waals surface area contributed by atoms with E-state index in [0.29, 0.717) is 26.8 Å². The first-order valence-electron chi connectivity index (χ1n) is 6.75. The minimum Gasteiger partial charge on any atom is -0.465 e. The maximum atomic E-state index is 12.6. The van der Waals surface area contributed by atoms with Crippen LogP contribution in [0.2, 0.25) is 0 Å². The Balaban J connectivity index is 1.97. The van der Waals surface area contributed by atoms with Gasteiger partial charge < -0.3 is 9.72 Å². The molecule has 7 nitrogen and oxygen atoms in total. The van der Waals surface area contributed by atoms with Crippen molar-refractivity contribution in [2.45, 2.75) is 4.90 Å². The first-order chi connectivity index (χ1) is 11.4. The molecule has 0 aliphatic rings. The van der Waals surface area contributed by atoms with Gasteiger partial charge >= 0.3 is 5.97 Å². The van der Waals surface area contributed by atoms with Gasteiger partial charge in [0.25, 0.3) is 10.0 Å². The van der Waals surface area contributed by atoms with E-state index in [0.717, 1.165) is 0 Å². The lowest BCUT2D eigenvalue weighted by Gasteiger charge is -2.10. The van der Waals surface area contributed by atoms with E-state index in [1.807, 2.05) is 0 Å². The van der Waals surface area contributed by atoms with Gasteiger partial charge in [0.1, 0.15) is 10.5 Å². The molecule has 0 aliphatic heterocycles. The molecule has 0 spiro atoms. The number of benzene rings is 1. The maximum Gasteiger partial charge on any atom is 0.337 e. The fourth-order valence-corrected chi connectivity index (χ4v) is 4.05. The first-order valence-corrected chi connectivity index (χ1v) is 9.03. The second kappa shape index (κ2) is 6.25. The Kier molecular flexibility index (Phi) is 4.29. The lowest BCUT2D eigenvalue weighted by atomic mass is 10.2. The number of halogens is 1. The summed E-state index contributed by atoms with van der Waals surface area (Å²) in [5, 5.41) is 0.493. The molecule has 0 unspecified atom stereocenters. The number of ether oxygens (including phenoxy) is 1. The number of nitrogens with zero attached hydrogens (tertiary/aromatic N) is 1. The van der Waals surface area contributed by atoms with E-state index in [4.69, 9.17) is 0 Å². The van der Waals surface area contributed by atoms with E-state index in [2.05, 4.69) is 35.4 Å². The number of carbonyl (C=O) groups is 1. The van der Waals surface area contributed by atoms with Gasteiger partial charge in [-0.05, 0) is 46.3 Å². The Morgan fingerprint density at radius 3 is 2.83 bits per heavy atom. The highest BCUT2D eigenvalue weighted by molar-refractivity contribution is 9.10. The van der Waals surface area contributed by atoms with E-state index >= 15 is 0 Å². The summed E-state index contributed by atoms with van der Waals surface area (Å²) in [5.41, 5.74) is 1.10. The fourth-order valence-electron chi connectivity index (χ4n) is 2.20. The third-order valence-corrected chi connectivity index (χ3v) is 5.40. The van der Waals surface area contributed by atoms with Crippen molar-refractivity contribution in [3.63, 3.8) is 0 Å². The molecule has 9 heteroatoms. The summed E-state index contributed by atoms with van der Waals surface area (Å²) in [4.78, 5) is 18.5. The van der Waals surface area contributed by atoms with E-state index < -0.39 is 16.0 Å². The molecular formula is C15H12BrN3O4S. The monoisotopic (exact) mass is 409 g/mol. The molecule has 0 radical (unpaired) electrons. The van der Waals surface area contributed by atoms with Crippen molar-refractivity contribution in [3.05, 3.63) is 52.8 Å². The molecule has 2 N–H and O–H groups in total. The predicted octanol–water partition coefficient (Wildman–Crippen LogP) is 2.91. The number of carbonyl (C=O) groups excluding carboxylic acids is 1. The number of pyridine rings is 1. The van der Waals surface area contributed by atoms with Crippen molar-refractivity contribution >= 4 is 48.6 Å². The minimum absolute atomic E-state index is 0.0922. The van der Waals surface area contributed by atoms with Crippen molar-refractivity contribution in [1.82, 2.24) is 9.97 Å². The first kappa shape index (κ1) is 16.5. The number of esters is 1. The summed E-state index contributed by atoms with van der Waals surface area (Å²) in [6.45, 7) is 0. The summed E-state index contributed by atoms with van der Waals surface area (Å²) < 4.78 is 32.8. The number of hydrogen-bond acceptors (Lipinski definition) is 5. The molecule has 0 atom stereocenters. The molecule has 2 heterocycles. The van der Waals surface area contributed by atoms with Gasteiger partial charge in [0.05, 0.1) is 18.4 Å². The van der Waals surface area contributed by atoms with Crippen LogP contribution in [0.4, 0.5) is 5.69 Å². The van der Waals surface area contributed by atoms with E-state index in [1.54, 1.807) is 18.3 Å². The summed E-state index contributed by atoms with van der Waals surface area (Å²) in [6, 6.07) is 7.78. The number of hydrogen-bond donors (Lipinski definition) is 2. The Morgan fingerprint density at radius 2 is 2.12 bits per heavy atom. The Hall–Kier alpha value is -2.39. The summed E-state index contributed by atoms with van der Waals surface area (Å²) in [7, 11) is -2.55. The topological polar surface area (TPSA) is 101 Å². The maximum absolute atomic E-state index is 12.6. The highest BCUT2D eigenvalue weighted by Gasteiger charge is 2.21. The smallest absolute Gasteiger partial charge is 0.337 e. The second-order valence-corrected chi connectivity index (χ2v) is 7.35. The van der Waals surface area contributed by atoms with Gasteiger partial charge in [0, 0.05) is 22.3 Å². The fraction of sp³-hybridized carbons (Fsp3) is 0.0667. The van der Waals surface area contributed by atoms with Crippen LogP contribution in [0.15, 0.2) is 52.1 Å². The normalized spacial score (nSPS) is 11.4. The summed E-state index contributed by atoms with van der Waals surface area (Å²) in [5.74, 6) is -0.507. The Bertz CT molecular complexity index is 1030. The average molecular weight is 410 g/mol. The number of H-pyrrole nitrogens is 1. The Morgan fingerprint density at radius 1 is 1.33 bits per heavy atom. The summed E-state index contributed by atoms with van der Waals surface area (Å²) in [6.07, 6.45) is 2.96. The van der Waals surface area contributed by atoms with Crippen LogP contribution in [0.3, 0.4) is 0 Å². The van der Waals surface area contributed by atoms with Crippen LogP contribution in [0.1, 0.15) is 10.4 Å². The van der Waals surface area contributed by atoms with Crippen LogP contribution < -0.4 is 4.72 Å². The molecule has 0 amide bonds. The van der Waals surface area contributed by atoms with E-state index in [1.165, 1.54) is 31.5 Å². The molecule has 0 saturated carbocycles. The number of aromatic nitrogens is 2. The number of aromatic amines is 1. The van der Waals surface area contributed by atoms with Crippen molar-refractivity contribution in [1.29, 1.82) is 0 Å². The third-order valence-electron chi connectivity index (χ3n) is 3.34. The number of rotatable bonds is 4. The van der Waals surface area contributed by atoms with Crippen LogP contribution in [0, 0.1) is 0 Å². The van der Waals surface area contributed by atoms with Crippen molar-refractivity contribution in [2.75, 3.05) is 11.8 Å². The number of sulfonamides is 1. The molecule has 3 rings (SSSR count). The highest BCUT2D eigenvalue weighted by Crippen LogP contribution is 2.28. The molecule has 0 aliphatic carbocycles. The number of fused-ring (bicyclic) bond motifs is 1. The summed E-state index contributed by atoms with van der Waals surface area (Å²) >= 11 is 3.26. The zero-order chi connectivity index (χ0) is 17.3. The van der Waals surface area contributed by atoms with Gasteiger partial charge in [-0.1, -0.05) is 0 Å². The van der Waals surface area contributed by atoms with Crippen LogP contribution in [-0.2, 0) is 14.8 Å². The minimum atomic E-state index is -3.83. The molecule has 124 valence electrons. The number of nitrogens with one attached hydrogen (secondary N) is 2. The lowest BCUT2D eigenvalue weighted by Crippen LogP contribution is -2.13. The highest BCUT2D eigenvalue weighted by atomic mass is 79.9. The zero-order valence-electron chi connectivity index (χ0n) is 12.4. The van der Waals surface area contributed by atoms with Gasteiger partial charge in [-0.3, -0.25) is 4.72 Å². The molecular weight excluding hydrogens is 398 g/mol. The lowest BCUT2D eigenvalue weighted by molar-refractivity contribution is 0.0600. The van der Waals surface area contributed by atoms with Gasteiger partial charge in [-0.2, -0.15) is 0 Å². The zero-order valence-corrected chi connectivity index (χ0v) is 14.8. The largest absolute Gasteiger partial charge is 0.465 e. The predicted molar refractivity (Wildman–Crippen MR) is 92.4 cm³/mol. The van der Waals surface area contributed by atoms with Gasteiger partial charge in [0.2, 0.25) is 0 Å². The second-order valence-electron chi connectivity index (χ2n) is 4.84. The van der Waals surface area contributed by atoms with Gasteiger partial charge in [0.15, 0.2) is 0 Å².